The Morgan fingerprint density at radius 1 is 1.26 bits per heavy atom. The lowest BCUT2D eigenvalue weighted by Crippen LogP contribution is -2.40. The zero-order valence-electron chi connectivity index (χ0n) is 15.5. The van der Waals surface area contributed by atoms with Gasteiger partial charge in [0.05, 0.1) is 19.8 Å². The van der Waals surface area contributed by atoms with Crippen LogP contribution in [0, 0.1) is 11.6 Å². The van der Waals surface area contributed by atoms with Gasteiger partial charge in [0.2, 0.25) is 5.89 Å². The number of hydrogen-bond donors (Lipinski definition) is 0. The Bertz CT molecular complexity index is 788. The Morgan fingerprint density at radius 2 is 2.00 bits per heavy atom. The first kappa shape index (κ1) is 19.4. The van der Waals surface area contributed by atoms with E-state index in [-0.39, 0.29) is 24.2 Å². The Labute approximate surface area is 156 Å². The number of morpholine rings is 1. The summed E-state index contributed by atoms with van der Waals surface area (Å²) in [5.41, 5.74) is 0.643. The van der Waals surface area contributed by atoms with E-state index in [1.54, 1.807) is 4.90 Å². The molecule has 0 unspecified atom stereocenters. The average molecular weight is 379 g/mol. The number of benzene rings is 1. The van der Waals surface area contributed by atoms with Crippen molar-refractivity contribution < 1.29 is 22.7 Å². The fraction of sp³-hybridized carbons (Fsp3) is 0.474. The third-order valence-corrected chi connectivity index (χ3v) is 4.53. The van der Waals surface area contributed by atoms with Crippen LogP contribution in [0.3, 0.4) is 0 Å². The molecule has 1 amide bonds. The van der Waals surface area contributed by atoms with Crippen molar-refractivity contribution in [2.45, 2.75) is 33.0 Å². The summed E-state index contributed by atoms with van der Waals surface area (Å²) < 4.78 is 37.8. The maximum atomic E-state index is 14.0. The molecule has 27 heavy (non-hydrogen) atoms. The van der Waals surface area contributed by atoms with E-state index in [2.05, 4.69) is 4.98 Å². The Kier molecular flexibility index (Phi) is 6.18. The summed E-state index contributed by atoms with van der Waals surface area (Å²) in [6, 6.07) is 3.61. The van der Waals surface area contributed by atoms with Crippen molar-refractivity contribution in [1.82, 2.24) is 14.8 Å². The number of carbonyl (C=O) groups excluding carboxylic acids is 1. The van der Waals surface area contributed by atoms with Gasteiger partial charge < -0.3 is 14.1 Å². The molecule has 0 saturated carbocycles. The highest BCUT2D eigenvalue weighted by molar-refractivity contribution is 5.92. The predicted molar refractivity (Wildman–Crippen MR) is 94.0 cm³/mol. The zero-order chi connectivity index (χ0) is 19.4. The molecule has 0 atom stereocenters. The van der Waals surface area contributed by atoms with Crippen molar-refractivity contribution in [3.8, 4) is 0 Å². The summed E-state index contributed by atoms with van der Waals surface area (Å²) in [5.74, 6) is -1.00. The second-order valence-corrected chi connectivity index (χ2v) is 6.77. The second kappa shape index (κ2) is 8.58. The van der Waals surface area contributed by atoms with Crippen molar-refractivity contribution in [3.05, 3.63) is 53.2 Å². The normalized spacial score (nSPS) is 15.0. The molecule has 146 valence electrons. The SMILES string of the molecule is CC(C)N(Cc1nc(C(=O)N2CCOCC2)co1)Cc1ccc(F)cc1F. The van der Waals surface area contributed by atoms with Crippen LogP contribution in [0.4, 0.5) is 8.78 Å². The summed E-state index contributed by atoms with van der Waals surface area (Å²) in [4.78, 5) is 20.4. The van der Waals surface area contributed by atoms with Gasteiger partial charge in [0.25, 0.3) is 5.91 Å². The number of carbonyl (C=O) groups is 1. The van der Waals surface area contributed by atoms with E-state index in [0.29, 0.717) is 44.3 Å². The fourth-order valence-corrected chi connectivity index (χ4v) is 2.87. The molecular formula is C19H23F2N3O3. The first-order valence-electron chi connectivity index (χ1n) is 8.93. The summed E-state index contributed by atoms with van der Waals surface area (Å²) in [6.07, 6.45) is 1.35. The predicted octanol–water partition coefficient (Wildman–Crippen LogP) is 2.84. The summed E-state index contributed by atoms with van der Waals surface area (Å²) in [5, 5.41) is 0. The van der Waals surface area contributed by atoms with Crippen LogP contribution < -0.4 is 0 Å². The Hall–Kier alpha value is -2.32. The third-order valence-electron chi connectivity index (χ3n) is 4.53. The lowest BCUT2D eigenvalue weighted by molar-refractivity contribution is 0.0299. The molecule has 0 aliphatic carbocycles. The van der Waals surface area contributed by atoms with Gasteiger partial charge in [-0.2, -0.15) is 0 Å². The number of ether oxygens (including phenoxy) is 1. The molecule has 8 heteroatoms. The number of aromatic nitrogens is 1. The highest BCUT2D eigenvalue weighted by Gasteiger charge is 2.23. The minimum absolute atomic E-state index is 0.0692. The highest BCUT2D eigenvalue weighted by Crippen LogP contribution is 2.17. The van der Waals surface area contributed by atoms with Gasteiger partial charge in [-0.3, -0.25) is 9.69 Å². The van der Waals surface area contributed by atoms with Gasteiger partial charge in [-0.05, 0) is 19.9 Å². The quantitative estimate of drug-likeness (QED) is 0.773. The number of nitrogens with zero attached hydrogens (tertiary/aromatic N) is 3. The largest absolute Gasteiger partial charge is 0.447 e. The van der Waals surface area contributed by atoms with E-state index in [4.69, 9.17) is 9.15 Å². The van der Waals surface area contributed by atoms with E-state index < -0.39 is 11.6 Å². The van der Waals surface area contributed by atoms with Gasteiger partial charge >= 0.3 is 0 Å². The number of oxazole rings is 1. The molecule has 2 aromatic rings. The first-order valence-corrected chi connectivity index (χ1v) is 8.93. The van der Waals surface area contributed by atoms with E-state index in [9.17, 15) is 13.6 Å². The lowest BCUT2D eigenvalue weighted by Gasteiger charge is -2.26. The molecule has 0 N–H and O–H groups in total. The Balaban J connectivity index is 1.68. The number of rotatable bonds is 6. The first-order chi connectivity index (χ1) is 12.9. The molecule has 1 fully saturated rings. The lowest BCUT2D eigenvalue weighted by atomic mass is 10.1. The Morgan fingerprint density at radius 3 is 2.67 bits per heavy atom. The van der Waals surface area contributed by atoms with Crippen molar-refractivity contribution in [2.75, 3.05) is 26.3 Å². The average Bonchev–Trinajstić information content (AvgIpc) is 3.11. The van der Waals surface area contributed by atoms with Crippen molar-refractivity contribution in [1.29, 1.82) is 0 Å². The fourth-order valence-electron chi connectivity index (χ4n) is 2.87. The smallest absolute Gasteiger partial charge is 0.275 e. The summed E-state index contributed by atoms with van der Waals surface area (Å²) in [6.45, 7) is 6.60. The molecule has 1 aromatic heterocycles. The van der Waals surface area contributed by atoms with E-state index >= 15 is 0 Å². The van der Waals surface area contributed by atoms with Crippen LogP contribution in [0.2, 0.25) is 0 Å². The maximum absolute atomic E-state index is 14.0. The van der Waals surface area contributed by atoms with Crippen LogP contribution in [0.5, 0.6) is 0 Å². The monoisotopic (exact) mass is 379 g/mol. The topological polar surface area (TPSA) is 58.8 Å². The maximum Gasteiger partial charge on any atom is 0.275 e. The molecule has 0 radical (unpaired) electrons. The number of halogens is 2. The van der Waals surface area contributed by atoms with Gasteiger partial charge in [0.1, 0.15) is 17.9 Å². The van der Waals surface area contributed by atoms with E-state index in [0.717, 1.165) is 6.07 Å². The van der Waals surface area contributed by atoms with Gasteiger partial charge in [-0.15, -0.1) is 0 Å². The van der Waals surface area contributed by atoms with Crippen LogP contribution in [-0.4, -0.2) is 53.0 Å². The summed E-state index contributed by atoms with van der Waals surface area (Å²) in [7, 11) is 0. The van der Waals surface area contributed by atoms with Gasteiger partial charge in [-0.1, -0.05) is 6.07 Å². The molecule has 3 rings (SSSR count). The molecule has 2 heterocycles. The van der Waals surface area contributed by atoms with Crippen molar-refractivity contribution in [3.63, 3.8) is 0 Å². The van der Waals surface area contributed by atoms with Crippen LogP contribution in [-0.2, 0) is 17.8 Å². The van der Waals surface area contributed by atoms with Gasteiger partial charge in [-0.25, -0.2) is 13.8 Å². The van der Waals surface area contributed by atoms with Gasteiger partial charge in [0.15, 0.2) is 5.69 Å². The van der Waals surface area contributed by atoms with Crippen LogP contribution in [0.25, 0.3) is 0 Å². The molecule has 1 aromatic carbocycles. The minimum Gasteiger partial charge on any atom is -0.447 e. The number of hydrogen-bond acceptors (Lipinski definition) is 5. The van der Waals surface area contributed by atoms with E-state index in [1.807, 2.05) is 18.7 Å². The van der Waals surface area contributed by atoms with Crippen LogP contribution >= 0.6 is 0 Å². The standard InChI is InChI=1S/C19H23F2N3O3/c1-13(2)24(10-14-3-4-15(20)9-16(14)21)11-18-22-17(12-27-18)19(25)23-5-7-26-8-6-23/h3-4,9,12-13H,5-8,10-11H2,1-2H3. The molecule has 1 aliphatic rings. The third kappa shape index (κ3) is 4.90. The summed E-state index contributed by atoms with van der Waals surface area (Å²) >= 11 is 0. The molecule has 1 aliphatic heterocycles. The van der Waals surface area contributed by atoms with Crippen molar-refractivity contribution in [2.24, 2.45) is 0 Å². The highest BCUT2D eigenvalue weighted by atomic mass is 19.1. The number of amides is 1. The molecule has 0 spiro atoms. The molecule has 6 nitrogen and oxygen atoms in total. The van der Waals surface area contributed by atoms with Crippen LogP contribution in [0.1, 0.15) is 35.8 Å². The second-order valence-electron chi connectivity index (χ2n) is 6.77. The zero-order valence-corrected chi connectivity index (χ0v) is 15.5. The molecule has 0 bridgehead atoms. The molecule has 1 saturated heterocycles. The molecular weight excluding hydrogens is 356 g/mol. The van der Waals surface area contributed by atoms with Crippen LogP contribution in [0.15, 0.2) is 28.9 Å². The van der Waals surface area contributed by atoms with E-state index in [1.165, 1.54) is 18.4 Å². The van der Waals surface area contributed by atoms with Crippen molar-refractivity contribution >= 4 is 5.91 Å². The van der Waals surface area contributed by atoms with Gasteiger partial charge in [0, 0.05) is 37.3 Å². The minimum atomic E-state index is -0.605.